The molecule has 40 heavy (non-hydrogen) atoms. The Bertz CT molecular complexity index is 1610. The zero-order valence-corrected chi connectivity index (χ0v) is 21.9. The van der Waals surface area contributed by atoms with Gasteiger partial charge in [0, 0.05) is 60.8 Å². The van der Waals surface area contributed by atoms with Crippen LogP contribution in [0.2, 0.25) is 0 Å². The van der Waals surface area contributed by atoms with Gasteiger partial charge in [0.05, 0.1) is 35.3 Å². The topological polar surface area (TPSA) is 133 Å². The second kappa shape index (κ2) is 15.0. The SMILES string of the molecule is C.Cc1cnc(CN)cn1.Cc1cnc(CNCc2ccc3occc3c2)cn1.O=Cc1ccc2occc2c1. The van der Waals surface area contributed by atoms with Crippen molar-refractivity contribution in [2.75, 3.05) is 0 Å². The van der Waals surface area contributed by atoms with E-state index in [2.05, 4.69) is 37.4 Å². The fourth-order valence-electron chi connectivity index (χ4n) is 3.55. The van der Waals surface area contributed by atoms with Crippen molar-refractivity contribution in [3.8, 4) is 0 Å². The third-order valence-electron chi connectivity index (χ3n) is 5.64. The van der Waals surface area contributed by atoms with E-state index in [4.69, 9.17) is 14.6 Å². The number of rotatable bonds is 6. The second-order valence-electron chi connectivity index (χ2n) is 8.73. The molecule has 9 nitrogen and oxygen atoms in total. The Kier molecular flexibility index (Phi) is 11.2. The molecule has 6 aromatic rings. The normalized spacial score (nSPS) is 10.2. The predicted octanol–water partition coefficient (Wildman–Crippen LogP) is 5.95. The minimum absolute atomic E-state index is 0. The molecule has 0 saturated carbocycles. The number of fused-ring (bicyclic) bond motifs is 2. The summed E-state index contributed by atoms with van der Waals surface area (Å²) in [6.45, 7) is 5.82. The highest BCUT2D eigenvalue weighted by molar-refractivity contribution is 5.85. The largest absolute Gasteiger partial charge is 0.464 e. The maximum atomic E-state index is 10.3. The lowest BCUT2D eigenvalue weighted by Gasteiger charge is -2.04. The maximum Gasteiger partial charge on any atom is 0.150 e. The van der Waals surface area contributed by atoms with Gasteiger partial charge < -0.3 is 19.9 Å². The van der Waals surface area contributed by atoms with E-state index in [-0.39, 0.29) is 7.43 Å². The van der Waals surface area contributed by atoms with Gasteiger partial charge in [-0.05, 0) is 61.9 Å². The number of aryl methyl sites for hydroxylation is 2. The minimum Gasteiger partial charge on any atom is -0.464 e. The van der Waals surface area contributed by atoms with Crippen LogP contribution in [0.1, 0.15) is 46.1 Å². The van der Waals surface area contributed by atoms with E-state index in [0.717, 1.165) is 64.1 Å². The van der Waals surface area contributed by atoms with Crippen LogP contribution in [0.3, 0.4) is 0 Å². The summed E-state index contributed by atoms with van der Waals surface area (Å²) in [5, 5.41) is 5.46. The monoisotopic (exact) mass is 538 g/mol. The predicted molar refractivity (Wildman–Crippen MR) is 157 cm³/mol. The molecule has 3 N–H and O–H groups in total. The van der Waals surface area contributed by atoms with Gasteiger partial charge in [0.25, 0.3) is 0 Å². The highest BCUT2D eigenvalue weighted by Gasteiger charge is 2.00. The van der Waals surface area contributed by atoms with E-state index in [1.54, 1.807) is 49.3 Å². The summed E-state index contributed by atoms with van der Waals surface area (Å²) in [6, 6.07) is 15.3. The molecule has 0 fully saturated rings. The third kappa shape index (κ3) is 8.65. The first kappa shape index (κ1) is 29.8. The van der Waals surface area contributed by atoms with Crippen molar-refractivity contribution in [2.45, 2.75) is 40.9 Å². The Morgan fingerprint density at radius 2 is 1.35 bits per heavy atom. The van der Waals surface area contributed by atoms with Gasteiger partial charge in [-0.15, -0.1) is 0 Å². The molecule has 0 saturated heterocycles. The number of hydrogen-bond donors (Lipinski definition) is 2. The maximum absolute atomic E-state index is 10.3. The van der Waals surface area contributed by atoms with E-state index in [9.17, 15) is 4.79 Å². The molecule has 0 bridgehead atoms. The van der Waals surface area contributed by atoms with E-state index in [1.807, 2.05) is 38.2 Å². The van der Waals surface area contributed by atoms with Gasteiger partial charge in [0.1, 0.15) is 17.5 Å². The fraction of sp³-hybridized carbons (Fsp3) is 0.194. The summed E-state index contributed by atoms with van der Waals surface area (Å²) in [5.74, 6) is 0. The first-order valence-electron chi connectivity index (χ1n) is 12.4. The Hall–Kier alpha value is -4.73. The smallest absolute Gasteiger partial charge is 0.150 e. The van der Waals surface area contributed by atoms with Crippen LogP contribution in [0, 0.1) is 13.8 Å². The van der Waals surface area contributed by atoms with Crippen molar-refractivity contribution in [3.63, 3.8) is 0 Å². The van der Waals surface area contributed by atoms with Crippen LogP contribution in [0.15, 0.2) is 94.7 Å². The van der Waals surface area contributed by atoms with Gasteiger partial charge in [0.2, 0.25) is 0 Å². The molecule has 0 amide bonds. The third-order valence-corrected chi connectivity index (χ3v) is 5.64. The average molecular weight is 539 g/mol. The Morgan fingerprint density at radius 1 is 0.750 bits per heavy atom. The first-order valence-corrected chi connectivity index (χ1v) is 12.4. The first-order chi connectivity index (χ1) is 19.0. The number of hydrogen-bond acceptors (Lipinski definition) is 9. The molecule has 0 radical (unpaired) electrons. The number of nitrogens with two attached hydrogens (primary N) is 1. The van der Waals surface area contributed by atoms with Crippen LogP contribution in [-0.2, 0) is 19.6 Å². The molecule has 4 heterocycles. The Labute approximate surface area is 233 Å². The number of nitrogens with one attached hydrogen (secondary N) is 1. The van der Waals surface area contributed by atoms with Gasteiger partial charge in [-0.1, -0.05) is 13.5 Å². The zero-order chi connectivity index (χ0) is 27.5. The molecule has 2 aromatic carbocycles. The summed E-state index contributed by atoms with van der Waals surface area (Å²) in [4.78, 5) is 26.9. The van der Waals surface area contributed by atoms with Crippen molar-refractivity contribution in [1.82, 2.24) is 25.3 Å². The molecule has 206 valence electrons. The van der Waals surface area contributed by atoms with Gasteiger partial charge in [-0.3, -0.25) is 24.7 Å². The lowest BCUT2D eigenvalue weighted by Crippen LogP contribution is -2.13. The lowest BCUT2D eigenvalue weighted by atomic mass is 10.1. The van der Waals surface area contributed by atoms with Gasteiger partial charge >= 0.3 is 0 Å². The number of aldehydes is 1. The number of benzene rings is 2. The highest BCUT2D eigenvalue weighted by Crippen LogP contribution is 2.17. The summed E-state index contributed by atoms with van der Waals surface area (Å²) >= 11 is 0. The molecule has 0 aliphatic rings. The summed E-state index contributed by atoms with van der Waals surface area (Å²) in [6.07, 6.45) is 11.1. The molecule has 0 aliphatic carbocycles. The van der Waals surface area contributed by atoms with Crippen LogP contribution in [0.25, 0.3) is 21.9 Å². The molecule has 9 heteroatoms. The molecule has 0 spiro atoms. The van der Waals surface area contributed by atoms with Gasteiger partial charge in [-0.25, -0.2) is 0 Å². The molecular formula is C31H34N6O3. The van der Waals surface area contributed by atoms with Crippen molar-refractivity contribution < 1.29 is 13.6 Å². The van der Waals surface area contributed by atoms with E-state index in [1.165, 1.54) is 5.56 Å². The van der Waals surface area contributed by atoms with E-state index in [0.29, 0.717) is 12.1 Å². The summed E-state index contributed by atoms with van der Waals surface area (Å²) in [5.41, 5.74) is 12.6. The van der Waals surface area contributed by atoms with Gasteiger partial charge in [-0.2, -0.15) is 0 Å². The Balaban J connectivity index is 0.000000179. The standard InChI is InChI=1S/C15H15N3O.C9H6O2.C6H9N3.CH4/c1-11-7-18-14(10-17-11)9-16-8-12-2-3-15-13(6-12)4-5-19-15;10-6-7-1-2-9-8(5-7)3-4-11-9;1-5-3-9-6(2-7)4-8-5;/h2-7,10,16H,8-9H2,1H3;1-6H;3-4H,2,7H2,1H3;1H4. The van der Waals surface area contributed by atoms with Crippen molar-refractivity contribution >= 4 is 28.2 Å². The van der Waals surface area contributed by atoms with Crippen LogP contribution >= 0.6 is 0 Å². The number of furan rings is 2. The molecular weight excluding hydrogens is 504 g/mol. The molecule has 0 atom stereocenters. The van der Waals surface area contributed by atoms with Crippen molar-refractivity contribution in [3.05, 3.63) is 120 Å². The van der Waals surface area contributed by atoms with E-state index < -0.39 is 0 Å². The quantitative estimate of drug-likeness (QED) is 0.247. The van der Waals surface area contributed by atoms with Crippen molar-refractivity contribution in [1.29, 1.82) is 0 Å². The minimum atomic E-state index is 0. The second-order valence-corrected chi connectivity index (χ2v) is 8.73. The van der Waals surface area contributed by atoms with Crippen LogP contribution in [0.4, 0.5) is 0 Å². The molecule has 0 unspecified atom stereocenters. The average Bonchev–Trinajstić information content (AvgIpc) is 3.64. The van der Waals surface area contributed by atoms with Crippen LogP contribution in [0.5, 0.6) is 0 Å². The Morgan fingerprint density at radius 3 is 1.93 bits per heavy atom. The summed E-state index contributed by atoms with van der Waals surface area (Å²) < 4.78 is 10.4. The number of aromatic nitrogens is 4. The zero-order valence-electron chi connectivity index (χ0n) is 21.9. The number of carbonyl (C=O) groups excluding carboxylic acids is 1. The summed E-state index contributed by atoms with van der Waals surface area (Å²) in [7, 11) is 0. The lowest BCUT2D eigenvalue weighted by molar-refractivity contribution is 0.112. The van der Waals surface area contributed by atoms with Gasteiger partial charge in [0.15, 0.2) is 0 Å². The fourth-order valence-corrected chi connectivity index (χ4v) is 3.55. The molecule has 0 aliphatic heterocycles. The van der Waals surface area contributed by atoms with Crippen molar-refractivity contribution in [2.24, 2.45) is 5.73 Å². The molecule has 4 aromatic heterocycles. The van der Waals surface area contributed by atoms with Crippen LogP contribution < -0.4 is 11.1 Å². The number of carbonyl (C=O) groups is 1. The molecule has 6 rings (SSSR count). The number of nitrogens with zero attached hydrogens (tertiary/aromatic N) is 4. The van der Waals surface area contributed by atoms with Crippen LogP contribution in [-0.4, -0.2) is 26.2 Å². The highest BCUT2D eigenvalue weighted by atomic mass is 16.3. The van der Waals surface area contributed by atoms with E-state index >= 15 is 0 Å².